The van der Waals surface area contributed by atoms with E-state index < -0.39 is 5.97 Å². The predicted octanol–water partition coefficient (Wildman–Crippen LogP) is 2.56. The van der Waals surface area contributed by atoms with Gasteiger partial charge in [-0.25, -0.2) is 4.79 Å². The van der Waals surface area contributed by atoms with Gasteiger partial charge in [0.05, 0.1) is 5.56 Å². The quantitative estimate of drug-likeness (QED) is 0.714. The van der Waals surface area contributed by atoms with E-state index in [2.05, 4.69) is 19.2 Å². The number of carbonyl (C=O) groups is 1. The Kier molecular flexibility index (Phi) is 5.70. The Balaban J connectivity index is 2.44. The molecule has 0 radical (unpaired) electrons. The van der Waals surface area contributed by atoms with Crippen molar-refractivity contribution < 1.29 is 9.90 Å². The van der Waals surface area contributed by atoms with Gasteiger partial charge >= 0.3 is 5.97 Å². The molecule has 0 aromatic heterocycles. The zero-order valence-electron chi connectivity index (χ0n) is 10.6. The smallest absolute Gasteiger partial charge is 0.335 e. The lowest BCUT2D eigenvalue weighted by atomic mass is 10.0. The van der Waals surface area contributed by atoms with Crippen molar-refractivity contribution in [1.29, 1.82) is 0 Å². The fourth-order valence-electron chi connectivity index (χ4n) is 1.66. The van der Waals surface area contributed by atoms with Crippen LogP contribution in [0.4, 0.5) is 0 Å². The highest BCUT2D eigenvalue weighted by Crippen LogP contribution is 2.09. The van der Waals surface area contributed by atoms with Gasteiger partial charge in [0.15, 0.2) is 0 Å². The van der Waals surface area contributed by atoms with Crippen molar-refractivity contribution in [2.75, 3.05) is 13.1 Å². The molecule has 0 bridgehead atoms. The molecule has 1 rings (SSSR count). The van der Waals surface area contributed by atoms with Crippen LogP contribution >= 0.6 is 0 Å². The molecule has 0 fully saturated rings. The van der Waals surface area contributed by atoms with Crippen LogP contribution in [0.25, 0.3) is 0 Å². The Morgan fingerprint density at radius 1 is 1.41 bits per heavy atom. The summed E-state index contributed by atoms with van der Waals surface area (Å²) in [5.74, 6) is -0.174. The normalized spacial score (nSPS) is 12.4. The summed E-state index contributed by atoms with van der Waals surface area (Å²) < 4.78 is 0. The minimum atomic E-state index is -0.845. The summed E-state index contributed by atoms with van der Waals surface area (Å²) >= 11 is 0. The van der Waals surface area contributed by atoms with E-state index in [-0.39, 0.29) is 0 Å². The van der Waals surface area contributed by atoms with Crippen LogP contribution in [0.5, 0.6) is 0 Å². The van der Waals surface area contributed by atoms with Gasteiger partial charge in [-0.05, 0) is 37.1 Å². The summed E-state index contributed by atoms with van der Waals surface area (Å²) in [6.45, 7) is 6.20. The second kappa shape index (κ2) is 7.07. The molecule has 2 N–H and O–H groups in total. The van der Waals surface area contributed by atoms with Crippen LogP contribution < -0.4 is 5.32 Å². The van der Waals surface area contributed by atoms with E-state index in [0.29, 0.717) is 11.5 Å². The highest BCUT2D eigenvalue weighted by atomic mass is 16.4. The maximum Gasteiger partial charge on any atom is 0.335 e. The van der Waals surface area contributed by atoms with E-state index in [1.165, 1.54) is 6.42 Å². The number of aromatic carboxylic acids is 1. The molecule has 94 valence electrons. The summed E-state index contributed by atoms with van der Waals surface area (Å²) in [5, 5.41) is 12.4. The van der Waals surface area contributed by atoms with Gasteiger partial charge in [0.1, 0.15) is 0 Å². The number of carboxylic acid groups (broad SMARTS) is 1. The van der Waals surface area contributed by atoms with E-state index in [1.807, 2.05) is 12.1 Å². The Morgan fingerprint density at radius 2 is 2.12 bits per heavy atom. The average molecular weight is 235 g/mol. The van der Waals surface area contributed by atoms with Gasteiger partial charge in [0.2, 0.25) is 0 Å². The molecule has 0 saturated heterocycles. The highest BCUT2D eigenvalue weighted by molar-refractivity contribution is 5.89. The molecule has 3 nitrogen and oxygen atoms in total. The van der Waals surface area contributed by atoms with Crippen molar-refractivity contribution in [2.45, 2.75) is 26.7 Å². The summed E-state index contributed by atoms with van der Waals surface area (Å²) in [5.41, 5.74) is 1.31. The first-order chi connectivity index (χ1) is 8.15. The lowest BCUT2D eigenvalue weighted by molar-refractivity contribution is 0.0695. The molecule has 0 spiro atoms. The number of rotatable bonds is 7. The van der Waals surface area contributed by atoms with E-state index in [1.54, 1.807) is 12.1 Å². The molecule has 0 heterocycles. The number of hydrogen-bond acceptors (Lipinski definition) is 2. The third-order valence-electron chi connectivity index (χ3n) is 3.01. The summed E-state index contributed by atoms with van der Waals surface area (Å²) in [4.78, 5) is 11.0. The molecule has 0 amide bonds. The molecule has 1 unspecified atom stereocenters. The molecular weight excluding hydrogens is 214 g/mol. The van der Waals surface area contributed by atoms with E-state index >= 15 is 0 Å². The second-order valence-corrected chi connectivity index (χ2v) is 4.43. The number of benzene rings is 1. The van der Waals surface area contributed by atoms with Crippen molar-refractivity contribution in [3.05, 3.63) is 35.4 Å². The minimum absolute atomic E-state index is 0.415. The summed E-state index contributed by atoms with van der Waals surface area (Å²) in [6.07, 6.45) is 1.93. The fourth-order valence-corrected chi connectivity index (χ4v) is 1.66. The van der Waals surface area contributed by atoms with Crippen LogP contribution in [-0.4, -0.2) is 24.2 Å². The van der Waals surface area contributed by atoms with Crippen LogP contribution in [0, 0.1) is 5.92 Å². The molecular formula is C14H21NO2. The predicted molar refractivity (Wildman–Crippen MR) is 69.4 cm³/mol. The average Bonchev–Trinajstić information content (AvgIpc) is 2.34. The first-order valence-corrected chi connectivity index (χ1v) is 6.17. The lowest BCUT2D eigenvalue weighted by Crippen LogP contribution is -2.23. The molecule has 17 heavy (non-hydrogen) atoms. The molecule has 1 aromatic rings. The standard InChI is InChI=1S/C14H21NO2/c1-3-11(2)10-15-9-8-12-6-4-5-7-13(12)14(16)17/h4-7,11,15H,3,8-10H2,1-2H3,(H,16,17). The van der Waals surface area contributed by atoms with Crippen molar-refractivity contribution >= 4 is 5.97 Å². The van der Waals surface area contributed by atoms with Crippen LogP contribution in [0.15, 0.2) is 24.3 Å². The molecule has 1 atom stereocenters. The maximum absolute atomic E-state index is 11.0. The SMILES string of the molecule is CCC(C)CNCCc1ccccc1C(=O)O. The van der Waals surface area contributed by atoms with Gasteiger partial charge in [0, 0.05) is 0 Å². The van der Waals surface area contributed by atoms with Gasteiger partial charge < -0.3 is 10.4 Å². The van der Waals surface area contributed by atoms with Gasteiger partial charge in [-0.2, -0.15) is 0 Å². The topological polar surface area (TPSA) is 49.3 Å². The Morgan fingerprint density at radius 3 is 2.76 bits per heavy atom. The zero-order chi connectivity index (χ0) is 12.7. The molecule has 0 saturated carbocycles. The van der Waals surface area contributed by atoms with Crippen LogP contribution in [0.1, 0.15) is 36.2 Å². The fraction of sp³-hybridized carbons (Fsp3) is 0.500. The van der Waals surface area contributed by atoms with Crippen LogP contribution in [-0.2, 0) is 6.42 Å². The Hall–Kier alpha value is -1.35. The van der Waals surface area contributed by atoms with Gasteiger partial charge in [-0.3, -0.25) is 0 Å². The molecule has 3 heteroatoms. The monoisotopic (exact) mass is 235 g/mol. The lowest BCUT2D eigenvalue weighted by Gasteiger charge is -2.10. The second-order valence-electron chi connectivity index (χ2n) is 4.43. The molecule has 0 aliphatic rings. The third kappa shape index (κ3) is 4.57. The Bertz CT molecular complexity index is 363. The first kappa shape index (κ1) is 13.7. The van der Waals surface area contributed by atoms with Gasteiger partial charge in [0.25, 0.3) is 0 Å². The van der Waals surface area contributed by atoms with E-state index in [9.17, 15) is 4.79 Å². The first-order valence-electron chi connectivity index (χ1n) is 6.17. The van der Waals surface area contributed by atoms with Crippen molar-refractivity contribution in [3.63, 3.8) is 0 Å². The van der Waals surface area contributed by atoms with E-state index in [0.717, 1.165) is 25.1 Å². The van der Waals surface area contributed by atoms with Crippen LogP contribution in [0.3, 0.4) is 0 Å². The zero-order valence-corrected chi connectivity index (χ0v) is 10.6. The summed E-state index contributed by atoms with van der Waals surface area (Å²) in [6, 6.07) is 7.19. The van der Waals surface area contributed by atoms with Crippen molar-refractivity contribution in [2.24, 2.45) is 5.92 Å². The number of nitrogens with one attached hydrogen (secondary N) is 1. The third-order valence-corrected chi connectivity index (χ3v) is 3.01. The molecule has 0 aliphatic heterocycles. The maximum atomic E-state index is 11.0. The van der Waals surface area contributed by atoms with Crippen molar-refractivity contribution in [3.8, 4) is 0 Å². The number of hydrogen-bond donors (Lipinski definition) is 2. The molecule has 0 aliphatic carbocycles. The Labute approximate surface area is 103 Å². The minimum Gasteiger partial charge on any atom is -0.478 e. The van der Waals surface area contributed by atoms with Crippen molar-refractivity contribution in [1.82, 2.24) is 5.32 Å². The van der Waals surface area contributed by atoms with Gasteiger partial charge in [-0.1, -0.05) is 38.5 Å². The van der Waals surface area contributed by atoms with E-state index in [4.69, 9.17) is 5.11 Å². The molecule has 1 aromatic carbocycles. The largest absolute Gasteiger partial charge is 0.478 e. The highest BCUT2D eigenvalue weighted by Gasteiger charge is 2.08. The summed E-state index contributed by atoms with van der Waals surface area (Å²) in [7, 11) is 0. The van der Waals surface area contributed by atoms with Gasteiger partial charge in [-0.15, -0.1) is 0 Å². The number of carboxylic acids is 1. The van der Waals surface area contributed by atoms with Crippen LogP contribution in [0.2, 0.25) is 0 Å².